The van der Waals surface area contributed by atoms with Crippen LogP contribution in [0.15, 0.2) is 48.5 Å². The molecule has 0 saturated heterocycles. The van der Waals surface area contributed by atoms with E-state index in [9.17, 15) is 0 Å². The van der Waals surface area contributed by atoms with E-state index in [4.69, 9.17) is 0 Å². The molecule has 26 heavy (non-hydrogen) atoms. The van der Waals surface area contributed by atoms with Crippen molar-refractivity contribution < 1.29 is 0 Å². The van der Waals surface area contributed by atoms with Crippen LogP contribution in [0.2, 0.25) is 0 Å². The van der Waals surface area contributed by atoms with Crippen molar-refractivity contribution in [2.24, 2.45) is 0 Å². The molecule has 0 aliphatic rings. The topological polar surface area (TPSA) is 0 Å². The minimum absolute atomic E-state index is 1.11. The molecule has 2 rings (SSSR count). The van der Waals surface area contributed by atoms with Crippen LogP contribution in [0.25, 0.3) is 11.1 Å². The first-order valence-electron chi connectivity index (χ1n) is 11.0. The molecule has 0 atom stereocenters. The van der Waals surface area contributed by atoms with Crippen molar-refractivity contribution in [1.29, 1.82) is 0 Å². The van der Waals surface area contributed by atoms with Gasteiger partial charge < -0.3 is 0 Å². The zero-order chi connectivity index (χ0) is 18.5. The highest BCUT2D eigenvalue weighted by molar-refractivity contribution is 5.71. The molecule has 0 radical (unpaired) electrons. The predicted octanol–water partition coefficient (Wildman–Crippen LogP) is 8.38. The van der Waals surface area contributed by atoms with E-state index >= 15 is 0 Å². The van der Waals surface area contributed by atoms with Crippen molar-refractivity contribution in [2.75, 3.05) is 0 Å². The molecular weight excluding hydrogens is 312 g/mol. The van der Waals surface area contributed by atoms with Crippen LogP contribution in [0.3, 0.4) is 0 Å². The summed E-state index contributed by atoms with van der Waals surface area (Å²) in [4.78, 5) is 0. The Morgan fingerprint density at radius 1 is 0.538 bits per heavy atom. The average molecular weight is 351 g/mol. The molecule has 0 saturated carbocycles. The lowest BCUT2D eigenvalue weighted by atomic mass is 9.90. The third-order valence-corrected chi connectivity index (χ3v) is 5.48. The summed E-state index contributed by atoms with van der Waals surface area (Å²) in [5.41, 5.74) is 5.90. The van der Waals surface area contributed by atoms with Gasteiger partial charge in [-0.05, 0) is 41.5 Å². The first kappa shape index (κ1) is 20.7. The van der Waals surface area contributed by atoms with Crippen molar-refractivity contribution in [3.63, 3.8) is 0 Å². The molecule has 0 aromatic heterocycles. The van der Waals surface area contributed by atoms with E-state index in [-0.39, 0.29) is 0 Å². The first-order valence-corrected chi connectivity index (χ1v) is 11.0. The maximum Gasteiger partial charge on any atom is -0.0120 e. The van der Waals surface area contributed by atoms with Gasteiger partial charge in [0.15, 0.2) is 0 Å². The molecule has 0 nitrogen and oxygen atoms in total. The van der Waals surface area contributed by atoms with Crippen LogP contribution in [0.4, 0.5) is 0 Å². The van der Waals surface area contributed by atoms with Crippen LogP contribution in [0, 0.1) is 0 Å². The fraction of sp³-hybridized carbons (Fsp3) is 0.538. The van der Waals surface area contributed by atoms with Gasteiger partial charge in [-0.1, -0.05) is 120 Å². The summed E-state index contributed by atoms with van der Waals surface area (Å²) in [6.45, 7) is 4.56. The number of hydrogen-bond donors (Lipinski definition) is 0. The maximum absolute atomic E-state index is 2.34. The van der Waals surface area contributed by atoms with Crippen molar-refractivity contribution >= 4 is 0 Å². The third kappa shape index (κ3) is 6.98. The van der Waals surface area contributed by atoms with Crippen LogP contribution < -0.4 is 0 Å². The smallest absolute Gasteiger partial charge is 0.0120 e. The molecule has 142 valence electrons. The van der Waals surface area contributed by atoms with E-state index in [2.05, 4.69) is 62.4 Å². The SMILES string of the molecule is CCCCCCCCCCCCc1cccc(CC)c1-c1ccccc1. The van der Waals surface area contributed by atoms with Crippen molar-refractivity contribution in [2.45, 2.75) is 90.9 Å². The Hall–Kier alpha value is -1.56. The Morgan fingerprint density at radius 2 is 1.12 bits per heavy atom. The number of rotatable bonds is 13. The molecule has 2 aromatic rings. The van der Waals surface area contributed by atoms with Gasteiger partial charge in [-0.25, -0.2) is 0 Å². The fourth-order valence-corrected chi connectivity index (χ4v) is 3.93. The minimum Gasteiger partial charge on any atom is -0.0654 e. The number of aryl methyl sites for hydroxylation is 2. The molecule has 0 spiro atoms. The van der Waals surface area contributed by atoms with Gasteiger partial charge in [-0.3, -0.25) is 0 Å². The molecule has 0 aliphatic heterocycles. The van der Waals surface area contributed by atoms with Crippen LogP contribution in [-0.2, 0) is 12.8 Å². The second-order valence-electron chi connectivity index (χ2n) is 7.60. The minimum atomic E-state index is 1.11. The Bertz CT molecular complexity index is 597. The monoisotopic (exact) mass is 350 g/mol. The summed E-state index contributed by atoms with van der Waals surface area (Å²) in [7, 11) is 0. The van der Waals surface area contributed by atoms with E-state index in [1.165, 1.54) is 92.9 Å². The van der Waals surface area contributed by atoms with Gasteiger partial charge in [0.05, 0.1) is 0 Å². The van der Waals surface area contributed by atoms with Crippen LogP contribution in [-0.4, -0.2) is 0 Å². The highest BCUT2D eigenvalue weighted by atomic mass is 14.1. The lowest BCUT2D eigenvalue weighted by Crippen LogP contribution is -1.96. The molecule has 0 fully saturated rings. The molecule has 0 heteroatoms. The number of unbranched alkanes of at least 4 members (excludes halogenated alkanes) is 9. The van der Waals surface area contributed by atoms with E-state index in [1.807, 2.05) is 0 Å². The fourth-order valence-electron chi connectivity index (χ4n) is 3.93. The first-order chi connectivity index (χ1) is 12.9. The molecule has 0 amide bonds. The predicted molar refractivity (Wildman–Crippen MR) is 117 cm³/mol. The molecule has 0 unspecified atom stereocenters. The summed E-state index contributed by atoms with van der Waals surface area (Å²) in [5, 5.41) is 0. The van der Waals surface area contributed by atoms with Crippen LogP contribution >= 0.6 is 0 Å². The molecular formula is C26H38. The normalized spacial score (nSPS) is 11.0. The van der Waals surface area contributed by atoms with Crippen LogP contribution in [0.1, 0.15) is 89.2 Å². The third-order valence-electron chi connectivity index (χ3n) is 5.48. The largest absolute Gasteiger partial charge is 0.0654 e. The van der Waals surface area contributed by atoms with Crippen molar-refractivity contribution in [3.8, 4) is 11.1 Å². The summed E-state index contributed by atoms with van der Waals surface area (Å²) < 4.78 is 0. The highest BCUT2D eigenvalue weighted by Gasteiger charge is 2.09. The second kappa shape index (κ2) is 12.7. The molecule has 0 N–H and O–H groups in total. The Labute approximate surface area is 162 Å². The quantitative estimate of drug-likeness (QED) is 0.318. The maximum atomic E-state index is 2.34. The lowest BCUT2D eigenvalue weighted by molar-refractivity contribution is 0.556. The summed E-state index contributed by atoms with van der Waals surface area (Å²) in [6.07, 6.45) is 16.4. The summed E-state index contributed by atoms with van der Waals surface area (Å²) >= 11 is 0. The summed E-state index contributed by atoms with van der Waals surface area (Å²) in [6, 6.07) is 17.8. The Morgan fingerprint density at radius 3 is 1.73 bits per heavy atom. The van der Waals surface area contributed by atoms with E-state index in [0.29, 0.717) is 0 Å². The van der Waals surface area contributed by atoms with Gasteiger partial charge in [-0.2, -0.15) is 0 Å². The molecule has 0 heterocycles. The number of hydrogen-bond acceptors (Lipinski definition) is 0. The van der Waals surface area contributed by atoms with E-state index in [0.717, 1.165) is 6.42 Å². The van der Waals surface area contributed by atoms with Gasteiger partial charge in [0.1, 0.15) is 0 Å². The standard InChI is InChI=1S/C26H38/c1-3-5-6-7-8-9-10-11-12-14-18-25-22-17-21-23(4-2)26(25)24-19-15-13-16-20-24/h13,15-17,19-22H,3-12,14,18H2,1-2H3. The average Bonchev–Trinajstić information content (AvgIpc) is 2.69. The van der Waals surface area contributed by atoms with Crippen molar-refractivity contribution in [1.82, 2.24) is 0 Å². The van der Waals surface area contributed by atoms with Gasteiger partial charge >= 0.3 is 0 Å². The van der Waals surface area contributed by atoms with Gasteiger partial charge in [0.25, 0.3) is 0 Å². The zero-order valence-corrected chi connectivity index (χ0v) is 17.1. The Kier molecular flexibility index (Phi) is 10.2. The van der Waals surface area contributed by atoms with Gasteiger partial charge in [0.2, 0.25) is 0 Å². The van der Waals surface area contributed by atoms with Crippen molar-refractivity contribution in [3.05, 3.63) is 59.7 Å². The summed E-state index contributed by atoms with van der Waals surface area (Å²) in [5.74, 6) is 0. The van der Waals surface area contributed by atoms with E-state index < -0.39 is 0 Å². The zero-order valence-electron chi connectivity index (χ0n) is 17.1. The Balaban J connectivity index is 1.78. The van der Waals surface area contributed by atoms with Gasteiger partial charge in [-0.15, -0.1) is 0 Å². The molecule has 0 bridgehead atoms. The molecule has 0 aliphatic carbocycles. The molecule has 2 aromatic carbocycles. The second-order valence-corrected chi connectivity index (χ2v) is 7.60. The van der Waals surface area contributed by atoms with Crippen LogP contribution in [0.5, 0.6) is 0 Å². The number of benzene rings is 2. The van der Waals surface area contributed by atoms with E-state index in [1.54, 1.807) is 0 Å². The lowest BCUT2D eigenvalue weighted by Gasteiger charge is -2.14. The van der Waals surface area contributed by atoms with Gasteiger partial charge in [0, 0.05) is 0 Å². The highest BCUT2D eigenvalue weighted by Crippen LogP contribution is 2.29.